The fourth-order valence-electron chi connectivity index (χ4n) is 7.92. The second-order valence-electron chi connectivity index (χ2n) is 15.5. The van der Waals surface area contributed by atoms with Crippen LogP contribution >= 0.6 is 0 Å². The van der Waals surface area contributed by atoms with Gasteiger partial charge in [-0.2, -0.15) is 13.2 Å². The van der Waals surface area contributed by atoms with Crippen LogP contribution in [0.2, 0.25) is 0 Å². The second kappa shape index (κ2) is 15.0. The van der Waals surface area contributed by atoms with Crippen molar-refractivity contribution in [1.82, 2.24) is 15.1 Å². The van der Waals surface area contributed by atoms with Crippen molar-refractivity contribution in [2.45, 2.75) is 90.0 Å². The number of methoxy groups -OCH3 is 1. The number of nitrogens with one attached hydrogen (secondary N) is 1. The normalized spacial score (nSPS) is 24.3. The van der Waals surface area contributed by atoms with Gasteiger partial charge in [0.1, 0.15) is 5.75 Å². The Morgan fingerprint density at radius 3 is 2.32 bits per heavy atom. The first-order valence-corrected chi connectivity index (χ1v) is 17.6. The first-order valence-electron chi connectivity index (χ1n) is 17.6. The fourth-order valence-corrected chi connectivity index (χ4v) is 7.92. The predicted molar refractivity (Wildman–Crippen MR) is 185 cm³/mol. The van der Waals surface area contributed by atoms with E-state index in [1.807, 2.05) is 17.0 Å². The number of nitrogens with zero attached hydrogens (tertiary/aromatic N) is 2. The van der Waals surface area contributed by atoms with E-state index in [1.165, 1.54) is 43.5 Å². The average Bonchev–Trinajstić information content (AvgIpc) is 3.04. The van der Waals surface area contributed by atoms with Crippen LogP contribution in [-0.2, 0) is 16.7 Å². The van der Waals surface area contributed by atoms with E-state index in [0.717, 1.165) is 69.6 Å². The topological polar surface area (TPSA) is 37.0 Å². The molecule has 2 aromatic rings. The van der Waals surface area contributed by atoms with Crippen LogP contribution in [0.25, 0.3) is 5.57 Å². The van der Waals surface area contributed by atoms with Gasteiger partial charge in [0, 0.05) is 57.8 Å². The Hall–Kier alpha value is -2.39. The van der Waals surface area contributed by atoms with Crippen LogP contribution in [0.15, 0.2) is 54.6 Å². The highest BCUT2D eigenvalue weighted by atomic mass is 19.4. The molecule has 47 heavy (non-hydrogen) atoms. The highest BCUT2D eigenvalue weighted by molar-refractivity contribution is 5.66. The van der Waals surface area contributed by atoms with Crippen LogP contribution in [0, 0.1) is 11.3 Å². The first kappa shape index (κ1) is 35.9. The van der Waals surface area contributed by atoms with Crippen molar-refractivity contribution in [3.05, 3.63) is 71.3 Å². The zero-order chi connectivity index (χ0) is 33.7. The van der Waals surface area contributed by atoms with Crippen LogP contribution in [0.5, 0.6) is 5.75 Å². The number of ether oxygens (including phenoxy) is 2. The molecule has 2 atom stereocenters. The summed E-state index contributed by atoms with van der Waals surface area (Å²) in [4.78, 5) is 4.61. The molecule has 1 N–H and O–H groups in total. The van der Waals surface area contributed by atoms with Gasteiger partial charge in [0.05, 0.1) is 18.1 Å². The Morgan fingerprint density at radius 2 is 1.72 bits per heavy atom. The number of halogens is 3. The predicted octanol–water partition coefficient (Wildman–Crippen LogP) is 8.09. The van der Waals surface area contributed by atoms with Gasteiger partial charge >= 0.3 is 6.18 Å². The highest BCUT2D eigenvalue weighted by Crippen LogP contribution is 2.45. The molecule has 260 valence electrons. The third-order valence-electron chi connectivity index (χ3n) is 10.8. The van der Waals surface area contributed by atoms with Gasteiger partial charge in [-0.3, -0.25) is 4.90 Å². The molecule has 8 heteroatoms. The molecule has 0 bridgehead atoms. The van der Waals surface area contributed by atoms with Gasteiger partial charge in [0.2, 0.25) is 0 Å². The molecule has 2 fully saturated rings. The molecule has 2 heterocycles. The van der Waals surface area contributed by atoms with E-state index in [9.17, 15) is 13.2 Å². The van der Waals surface area contributed by atoms with Crippen molar-refractivity contribution in [2.75, 3.05) is 59.5 Å². The fraction of sp³-hybridized carbons (Fsp3) is 0.641. The number of piperazine rings is 1. The Morgan fingerprint density at radius 1 is 1.02 bits per heavy atom. The lowest BCUT2D eigenvalue weighted by atomic mass is 9.67. The van der Waals surface area contributed by atoms with E-state index in [2.05, 4.69) is 66.5 Å². The third kappa shape index (κ3) is 9.40. The lowest BCUT2D eigenvalue weighted by molar-refractivity contribution is -0.217. The van der Waals surface area contributed by atoms with E-state index in [-0.39, 0.29) is 17.6 Å². The van der Waals surface area contributed by atoms with Crippen molar-refractivity contribution in [3.8, 4) is 5.75 Å². The molecule has 2 saturated heterocycles. The standard InChI is InChI=1S/C39H56F3N3O2/c1-36(2,39(40,41)42)29-45(22-18-38(19-25-47-37(3,4)28-38)34-14-16-35(46-5)17-15-34)27-31-8-12-33(13-9-31)32-10-6-30(7-11-32)26-44-23-20-43-21-24-44/h8-10,12-17,30,43H,6-7,11,18-29H2,1-5H3/t30?,38-/m1/s1. The monoisotopic (exact) mass is 655 g/mol. The molecule has 0 saturated carbocycles. The van der Waals surface area contributed by atoms with Crippen LogP contribution in [0.1, 0.15) is 82.9 Å². The SMILES string of the molecule is COc1ccc([C@]2(CCN(Cc3ccc(C4=CCC(CN5CCNCC5)CC4)cc3)CC(C)(C)C(F)(F)F)CCOC(C)(C)C2)cc1. The minimum atomic E-state index is -4.29. The molecule has 0 aromatic heterocycles. The molecule has 0 spiro atoms. The summed E-state index contributed by atoms with van der Waals surface area (Å²) >= 11 is 0. The number of benzene rings is 2. The second-order valence-corrected chi connectivity index (χ2v) is 15.5. The Balaban J connectivity index is 1.30. The van der Waals surface area contributed by atoms with Gasteiger partial charge in [-0.25, -0.2) is 0 Å². The lowest BCUT2D eigenvalue weighted by Gasteiger charge is -2.46. The molecule has 5 nitrogen and oxygen atoms in total. The molecular weight excluding hydrogens is 599 g/mol. The molecule has 2 aliphatic heterocycles. The van der Waals surface area contributed by atoms with Gasteiger partial charge in [-0.1, -0.05) is 42.5 Å². The van der Waals surface area contributed by atoms with Gasteiger partial charge in [0.25, 0.3) is 0 Å². The highest BCUT2D eigenvalue weighted by Gasteiger charge is 2.48. The Labute approximate surface area is 280 Å². The largest absolute Gasteiger partial charge is 0.497 e. The Kier molecular flexibility index (Phi) is 11.5. The summed E-state index contributed by atoms with van der Waals surface area (Å²) in [6.45, 7) is 14.1. The molecular formula is C39H56F3N3O2. The molecule has 3 aliphatic rings. The lowest BCUT2D eigenvalue weighted by Crippen LogP contribution is -2.47. The van der Waals surface area contributed by atoms with Gasteiger partial charge < -0.3 is 19.7 Å². The number of allylic oxidation sites excluding steroid dienone is 2. The molecule has 2 aromatic carbocycles. The summed E-state index contributed by atoms with van der Waals surface area (Å²) < 4.78 is 54.1. The van der Waals surface area contributed by atoms with Crippen LogP contribution in [-0.4, -0.2) is 81.1 Å². The number of alkyl halides is 3. The van der Waals surface area contributed by atoms with E-state index in [4.69, 9.17) is 9.47 Å². The van der Waals surface area contributed by atoms with Gasteiger partial charge in [-0.15, -0.1) is 0 Å². The molecule has 0 amide bonds. The van der Waals surface area contributed by atoms with Crippen molar-refractivity contribution < 1.29 is 22.6 Å². The molecule has 1 unspecified atom stereocenters. The molecule has 0 radical (unpaired) electrons. The number of rotatable bonds is 12. The van der Waals surface area contributed by atoms with Gasteiger partial charge in [-0.05, 0) is 113 Å². The maximum absolute atomic E-state index is 14.2. The summed E-state index contributed by atoms with van der Waals surface area (Å²) in [7, 11) is 1.66. The van der Waals surface area contributed by atoms with Crippen LogP contribution < -0.4 is 10.1 Å². The van der Waals surface area contributed by atoms with E-state index >= 15 is 0 Å². The van der Waals surface area contributed by atoms with E-state index < -0.39 is 11.6 Å². The van der Waals surface area contributed by atoms with Crippen molar-refractivity contribution >= 4 is 5.57 Å². The third-order valence-corrected chi connectivity index (χ3v) is 10.8. The van der Waals surface area contributed by atoms with Gasteiger partial charge in [0.15, 0.2) is 0 Å². The van der Waals surface area contributed by atoms with E-state index in [0.29, 0.717) is 25.6 Å². The Bertz CT molecular complexity index is 1320. The van der Waals surface area contributed by atoms with Crippen molar-refractivity contribution in [1.29, 1.82) is 0 Å². The van der Waals surface area contributed by atoms with Crippen molar-refractivity contribution in [2.24, 2.45) is 11.3 Å². The molecule has 5 rings (SSSR count). The summed E-state index contributed by atoms with van der Waals surface area (Å²) in [6.07, 6.45) is 3.91. The minimum Gasteiger partial charge on any atom is -0.497 e. The van der Waals surface area contributed by atoms with E-state index in [1.54, 1.807) is 7.11 Å². The number of hydrogen-bond donors (Lipinski definition) is 1. The number of hydrogen-bond acceptors (Lipinski definition) is 5. The quantitative estimate of drug-likeness (QED) is 0.250. The smallest absolute Gasteiger partial charge is 0.395 e. The summed E-state index contributed by atoms with van der Waals surface area (Å²) in [5.74, 6) is 1.51. The van der Waals surface area contributed by atoms with Crippen LogP contribution in [0.4, 0.5) is 13.2 Å². The van der Waals surface area contributed by atoms with Crippen molar-refractivity contribution in [3.63, 3.8) is 0 Å². The molecule has 1 aliphatic carbocycles. The van der Waals surface area contributed by atoms with Crippen LogP contribution in [0.3, 0.4) is 0 Å². The zero-order valence-corrected chi connectivity index (χ0v) is 29.2. The zero-order valence-electron chi connectivity index (χ0n) is 29.2. The maximum atomic E-state index is 14.2. The summed E-state index contributed by atoms with van der Waals surface area (Å²) in [5, 5.41) is 3.44. The summed E-state index contributed by atoms with van der Waals surface area (Å²) in [6, 6.07) is 16.8. The summed E-state index contributed by atoms with van der Waals surface area (Å²) in [5.41, 5.74) is 2.53. The average molecular weight is 656 g/mol. The first-order chi connectivity index (χ1) is 22.3. The maximum Gasteiger partial charge on any atom is 0.395 e. The minimum absolute atomic E-state index is 0.0591.